The van der Waals surface area contributed by atoms with Gasteiger partial charge in [0.25, 0.3) is 0 Å². The first-order chi connectivity index (χ1) is 53.1. The highest BCUT2D eigenvalue weighted by Gasteiger charge is 2.34. The molecule has 2 N–H and O–H groups in total. The Morgan fingerprint density at radius 2 is 0.602 bits per heavy atom. The van der Waals surface area contributed by atoms with Crippen LogP contribution in [-0.2, 0) is 162 Å². The standard InChI is InChI=1S/C12H17NO6.C11H15NO5.C10H13NO5.2C10H13NO4.2C10H12O5.CH4/c1-17-6-5-13-8-9(7-10(13)14)19-12(16)4-3-11(15)18-2;1-3-12-7-8(6-9(12)13)17-11(15)5-4-10(14)16-2;1-11-6-7(5-8(11)12)16-10(14)4-3-9(13)15-2;2*1-7-3-4-8(11-7)15-10(13)6-5-9(12)14-2;2*1-14-9(12)4-5-10(13)15-8-3-2-7(11)6-8;/h3-4,9H,5-8H2,1-2H3;4-5,8H,3,6-7H2,1-2H3;3-4,7H,5-6H2,1-2H3;2*5-6,8,11H,1,3-4H2,2H3;2*4-5,8H,2-3,6H2,1H3;1H4/b4-3+;5-4+;4-3+;2*6-5+;2*5-4+;/t;;;8-;;2*8-;/m...0.10./s1. The number of nitrogens with one attached hydrogen (secondary N) is 2. The van der Waals surface area contributed by atoms with Gasteiger partial charge in [0, 0.05) is 162 Å². The van der Waals surface area contributed by atoms with Crippen molar-refractivity contribution in [3.8, 4) is 0 Å². The second-order valence-corrected chi connectivity index (χ2v) is 23.4. The minimum absolute atomic E-state index is 0. The van der Waals surface area contributed by atoms with Crippen molar-refractivity contribution in [3.05, 3.63) is 110 Å². The van der Waals surface area contributed by atoms with Gasteiger partial charge in [-0.1, -0.05) is 20.6 Å². The number of methoxy groups -OCH3 is 8. The fourth-order valence-electron chi connectivity index (χ4n) is 9.35. The largest absolute Gasteiger partial charge is 0.466 e. The molecule has 2 aliphatic carbocycles. The third kappa shape index (κ3) is 46.6. The highest BCUT2D eigenvalue weighted by atomic mass is 16.6. The molecule has 7 atom stereocenters. The summed E-state index contributed by atoms with van der Waals surface area (Å²) in [5.41, 5.74) is 1.70. The summed E-state index contributed by atoms with van der Waals surface area (Å²) in [5.74, 6) is -8.63. The third-order valence-corrected chi connectivity index (χ3v) is 15.0. The molecule has 4 unspecified atom stereocenters. The number of allylic oxidation sites excluding steroid dienone is 2. The molecule has 7 fully saturated rings. The van der Waals surface area contributed by atoms with E-state index < -0.39 is 102 Å². The third-order valence-electron chi connectivity index (χ3n) is 15.0. The Hall–Kier alpha value is -12.5. The Bertz CT molecular complexity index is 3320. The van der Waals surface area contributed by atoms with E-state index in [4.69, 9.17) is 37.9 Å². The Morgan fingerprint density at radius 1 is 0.345 bits per heavy atom. The number of Topliss-reactive ketones (excluding diaryl/α,β-unsaturated/α-hetero) is 2. The van der Waals surface area contributed by atoms with Crippen LogP contribution in [0.25, 0.3) is 0 Å². The van der Waals surface area contributed by atoms with Crippen LogP contribution >= 0.6 is 0 Å². The van der Waals surface area contributed by atoms with Gasteiger partial charge in [-0.2, -0.15) is 0 Å². The van der Waals surface area contributed by atoms with E-state index in [-0.39, 0.29) is 93.5 Å². The van der Waals surface area contributed by atoms with Crippen LogP contribution in [0.4, 0.5) is 0 Å². The lowest BCUT2D eigenvalue weighted by molar-refractivity contribution is -0.144. The molecule has 0 radical (unpaired) electrons. The second kappa shape index (κ2) is 56.7. The maximum atomic E-state index is 11.6. The minimum Gasteiger partial charge on any atom is -0.466 e. The van der Waals surface area contributed by atoms with E-state index in [1.54, 1.807) is 24.0 Å². The van der Waals surface area contributed by atoms with Gasteiger partial charge in [-0.15, -0.1) is 0 Å². The zero-order valence-corrected chi connectivity index (χ0v) is 63.7. The maximum absolute atomic E-state index is 11.6. The molecule has 0 aromatic heterocycles. The molecule has 2 saturated carbocycles. The van der Waals surface area contributed by atoms with Crippen molar-refractivity contribution in [2.75, 3.05) is 103 Å². The summed E-state index contributed by atoms with van der Waals surface area (Å²) in [4.78, 5) is 214. The minimum atomic E-state index is -0.670. The maximum Gasteiger partial charge on any atom is 0.332 e. The normalized spacial score (nSPS) is 19.8. The molecule has 0 aromatic carbocycles. The molecule has 39 heteroatoms. The Morgan fingerprint density at radius 3 is 0.832 bits per heavy atom. The van der Waals surface area contributed by atoms with E-state index in [9.17, 15) is 91.1 Å². The van der Waals surface area contributed by atoms with Crippen molar-refractivity contribution in [1.82, 2.24) is 25.3 Å². The van der Waals surface area contributed by atoms with Crippen LogP contribution in [-0.4, -0.2) is 274 Å². The lowest BCUT2D eigenvalue weighted by Gasteiger charge is -2.15. The fourth-order valence-corrected chi connectivity index (χ4v) is 9.35. The molecule has 113 heavy (non-hydrogen) atoms. The number of esters is 14. The van der Waals surface area contributed by atoms with Crippen LogP contribution < -0.4 is 10.6 Å². The second-order valence-electron chi connectivity index (χ2n) is 23.4. The zero-order valence-electron chi connectivity index (χ0n) is 63.7. The molecule has 0 aromatic rings. The van der Waals surface area contributed by atoms with Crippen molar-refractivity contribution < 1.29 is 162 Å². The highest BCUT2D eigenvalue weighted by molar-refractivity contribution is 5.96. The van der Waals surface area contributed by atoms with Gasteiger partial charge in [-0.05, 0) is 32.6 Å². The van der Waals surface area contributed by atoms with Gasteiger partial charge in [0.05, 0.1) is 95.3 Å². The average molecular weight is 1600 g/mol. The Labute approximate surface area is 651 Å². The molecule has 5 aliphatic heterocycles. The summed E-state index contributed by atoms with van der Waals surface area (Å²) in [5, 5.41) is 5.80. The summed E-state index contributed by atoms with van der Waals surface area (Å²) in [6.07, 6.45) is 17.4. The smallest absolute Gasteiger partial charge is 0.332 e. The van der Waals surface area contributed by atoms with Crippen molar-refractivity contribution in [2.45, 2.75) is 141 Å². The van der Waals surface area contributed by atoms with Crippen molar-refractivity contribution in [2.24, 2.45) is 0 Å². The average Bonchev–Trinajstić information content (AvgIpc) is 1.73. The molecule has 7 aliphatic rings. The molecular weight excluding hydrogens is 1500 g/mol. The molecule has 7 rings (SSSR count). The Balaban J connectivity index is 0.00000130. The van der Waals surface area contributed by atoms with E-state index in [0.29, 0.717) is 77.9 Å². The van der Waals surface area contributed by atoms with Gasteiger partial charge in [-0.25, -0.2) is 67.1 Å². The highest BCUT2D eigenvalue weighted by Crippen LogP contribution is 2.21. The number of rotatable bonds is 25. The summed E-state index contributed by atoms with van der Waals surface area (Å²) in [6, 6.07) is 0. The first-order valence-electron chi connectivity index (χ1n) is 34.1. The van der Waals surface area contributed by atoms with Gasteiger partial charge in [0.2, 0.25) is 17.7 Å². The Kier molecular flexibility index (Phi) is 50.5. The van der Waals surface area contributed by atoms with Crippen LogP contribution in [0.2, 0.25) is 0 Å². The molecule has 624 valence electrons. The molecule has 5 heterocycles. The van der Waals surface area contributed by atoms with Gasteiger partial charge in [0.1, 0.15) is 42.1 Å². The van der Waals surface area contributed by atoms with Crippen molar-refractivity contribution in [3.63, 3.8) is 0 Å². The topological polar surface area (TPSA) is 497 Å². The van der Waals surface area contributed by atoms with Crippen LogP contribution in [0.1, 0.15) is 97.8 Å². The van der Waals surface area contributed by atoms with Crippen molar-refractivity contribution in [1.29, 1.82) is 0 Å². The number of amides is 3. The number of likely N-dealkylation sites (N-methyl/N-ethyl adjacent to an activating group) is 2. The number of hydrogen-bond acceptors (Lipinski definition) is 36. The number of nitrogens with zero attached hydrogens (tertiary/aromatic N) is 3. The predicted octanol–water partition coefficient (Wildman–Crippen LogP) is 1.24. The summed E-state index contributed by atoms with van der Waals surface area (Å²) in [6.45, 7) is 11.9. The molecule has 5 saturated heterocycles. The molecule has 3 amide bonds. The SMILES string of the molecule is C.C=C1CCC(OC(=O)/C=C/C(=O)OC)N1.C=C1CC[C@H](OC(=O)/C=C/C(=O)OC)N1.CCN1CC(OC(=O)/C=C/C(=O)OC)CC1=O.COC(=O)/C=C/C(=O)OC1CC(=O)N(C)C1.COC(=O)/C=C/C(=O)O[C@@H]1CCC(=O)C1.COC(=O)/C=C/C(=O)O[C@H]1CCC(=O)C1.COCCN1CC(OC(=O)/C=C/C(=O)OC)CC1=O. The van der Waals surface area contributed by atoms with E-state index in [1.165, 1.54) is 54.7 Å². The molecule has 0 spiro atoms. The van der Waals surface area contributed by atoms with Crippen LogP contribution in [0.15, 0.2) is 110 Å². The van der Waals surface area contributed by atoms with E-state index >= 15 is 0 Å². The van der Waals surface area contributed by atoms with Gasteiger partial charge >= 0.3 is 83.6 Å². The van der Waals surface area contributed by atoms with Crippen LogP contribution in [0.5, 0.6) is 0 Å². The lowest BCUT2D eigenvalue weighted by atomic mass is 10.3. The van der Waals surface area contributed by atoms with Gasteiger partial charge < -0.3 is 96.4 Å². The monoisotopic (exact) mass is 1600 g/mol. The number of ether oxygens (including phenoxy) is 15. The summed E-state index contributed by atoms with van der Waals surface area (Å²) >= 11 is 0. The number of carbonyl (C=O) groups is 19. The number of ketones is 2. The molecular formula is C74H99N5O34. The van der Waals surface area contributed by atoms with E-state index in [1.807, 2.05) is 6.92 Å². The fraction of sp³-hybridized carbons (Fsp3) is 0.500. The van der Waals surface area contributed by atoms with Crippen LogP contribution in [0, 0.1) is 0 Å². The molecule has 0 bridgehead atoms. The first kappa shape index (κ1) is 101. The molecule has 39 nitrogen and oxygen atoms in total. The lowest BCUT2D eigenvalue weighted by Crippen LogP contribution is -2.30. The number of likely N-dealkylation sites (tertiary alicyclic amines) is 3. The van der Waals surface area contributed by atoms with Gasteiger partial charge in [-0.3, -0.25) is 24.0 Å². The number of hydrogen-bond donors (Lipinski definition) is 2. The van der Waals surface area contributed by atoms with E-state index in [2.05, 4.69) is 56.9 Å². The van der Waals surface area contributed by atoms with Crippen LogP contribution in [0.3, 0.4) is 0 Å². The van der Waals surface area contributed by atoms with Crippen molar-refractivity contribution >= 4 is 113 Å². The first-order valence-corrected chi connectivity index (χ1v) is 34.1. The zero-order chi connectivity index (χ0) is 84.3. The summed E-state index contributed by atoms with van der Waals surface area (Å²) in [7, 11) is 11.7. The number of carbonyl (C=O) groups excluding carboxylic acids is 19. The predicted molar refractivity (Wildman–Crippen MR) is 387 cm³/mol. The van der Waals surface area contributed by atoms with E-state index in [0.717, 1.165) is 109 Å². The summed E-state index contributed by atoms with van der Waals surface area (Å²) < 4.78 is 69.9. The van der Waals surface area contributed by atoms with Gasteiger partial charge in [0.15, 0.2) is 12.5 Å². The quantitative estimate of drug-likeness (QED) is 0.0737.